The highest BCUT2D eigenvalue weighted by Gasteiger charge is 2.26. The van der Waals surface area contributed by atoms with Crippen molar-refractivity contribution in [3.8, 4) is 0 Å². The smallest absolute Gasteiger partial charge is 0.320 e. The van der Waals surface area contributed by atoms with Crippen LogP contribution >= 0.6 is 0 Å². The van der Waals surface area contributed by atoms with Crippen LogP contribution in [-0.4, -0.2) is 47.8 Å². The van der Waals surface area contributed by atoms with E-state index < -0.39 is 12.0 Å². The van der Waals surface area contributed by atoms with Gasteiger partial charge in [-0.1, -0.05) is 0 Å². The molecule has 76 valence electrons. The Bertz CT molecular complexity index is 184. The van der Waals surface area contributed by atoms with E-state index in [4.69, 9.17) is 9.84 Å². The summed E-state index contributed by atoms with van der Waals surface area (Å²) in [5.41, 5.74) is 0. The Kier molecular flexibility index (Phi) is 3.69. The molecule has 0 aromatic rings. The summed E-state index contributed by atoms with van der Waals surface area (Å²) < 4.78 is 5.29. The zero-order chi connectivity index (χ0) is 9.84. The standard InChI is InChI=1S/C9H17NO3/c1-7-3-5-13-6-4-10(7)8(2)9(11)12/h7-8H,3-6H2,1-2H3,(H,11,12). The quantitative estimate of drug-likeness (QED) is 0.686. The summed E-state index contributed by atoms with van der Waals surface area (Å²) in [5, 5.41) is 8.86. The Morgan fingerprint density at radius 1 is 1.62 bits per heavy atom. The van der Waals surface area contributed by atoms with E-state index in [1.54, 1.807) is 6.92 Å². The molecule has 0 aromatic heterocycles. The summed E-state index contributed by atoms with van der Waals surface area (Å²) in [7, 11) is 0. The van der Waals surface area contributed by atoms with Crippen LogP contribution in [0.4, 0.5) is 0 Å². The highest BCUT2D eigenvalue weighted by Crippen LogP contribution is 2.12. The lowest BCUT2D eigenvalue weighted by atomic mass is 10.1. The van der Waals surface area contributed by atoms with Crippen LogP contribution in [0, 0.1) is 0 Å². The molecule has 4 heteroatoms. The molecule has 2 unspecified atom stereocenters. The summed E-state index contributed by atoms with van der Waals surface area (Å²) in [4.78, 5) is 12.8. The van der Waals surface area contributed by atoms with E-state index >= 15 is 0 Å². The predicted molar refractivity (Wildman–Crippen MR) is 48.7 cm³/mol. The molecule has 1 heterocycles. The fourth-order valence-corrected chi connectivity index (χ4v) is 1.63. The number of nitrogens with zero attached hydrogens (tertiary/aromatic N) is 1. The van der Waals surface area contributed by atoms with Gasteiger partial charge >= 0.3 is 5.97 Å². The molecule has 13 heavy (non-hydrogen) atoms. The van der Waals surface area contributed by atoms with Crippen molar-refractivity contribution in [3.05, 3.63) is 0 Å². The predicted octanol–water partition coefficient (Wildman–Crippen LogP) is 0.570. The van der Waals surface area contributed by atoms with Gasteiger partial charge in [-0.2, -0.15) is 0 Å². The maximum absolute atomic E-state index is 10.8. The van der Waals surface area contributed by atoms with Crippen LogP contribution in [0.2, 0.25) is 0 Å². The Hall–Kier alpha value is -0.610. The lowest BCUT2D eigenvalue weighted by Crippen LogP contribution is -2.45. The van der Waals surface area contributed by atoms with E-state index in [1.807, 2.05) is 11.8 Å². The van der Waals surface area contributed by atoms with Gasteiger partial charge in [-0.3, -0.25) is 9.69 Å². The third-order valence-corrected chi connectivity index (χ3v) is 2.59. The van der Waals surface area contributed by atoms with Crippen molar-refractivity contribution < 1.29 is 14.6 Å². The van der Waals surface area contributed by atoms with Gasteiger partial charge in [0.25, 0.3) is 0 Å². The monoisotopic (exact) mass is 187 g/mol. The van der Waals surface area contributed by atoms with Crippen LogP contribution in [-0.2, 0) is 9.53 Å². The van der Waals surface area contributed by atoms with Gasteiger partial charge in [0, 0.05) is 19.2 Å². The number of aliphatic carboxylic acids is 1. The Morgan fingerprint density at radius 3 is 2.92 bits per heavy atom. The number of hydrogen-bond acceptors (Lipinski definition) is 3. The molecule has 1 saturated heterocycles. The molecule has 0 bridgehead atoms. The molecule has 0 radical (unpaired) electrons. The summed E-state index contributed by atoms with van der Waals surface area (Å²) in [6.45, 7) is 5.87. The molecule has 0 spiro atoms. The van der Waals surface area contributed by atoms with Crippen molar-refractivity contribution in [3.63, 3.8) is 0 Å². The first-order valence-corrected chi connectivity index (χ1v) is 4.69. The molecule has 1 N–H and O–H groups in total. The lowest BCUT2D eigenvalue weighted by molar-refractivity contribution is -0.143. The molecule has 1 fully saturated rings. The number of carboxylic acids is 1. The highest BCUT2D eigenvalue weighted by molar-refractivity contribution is 5.72. The number of ether oxygens (including phenoxy) is 1. The van der Waals surface area contributed by atoms with Crippen LogP contribution in [0.25, 0.3) is 0 Å². The van der Waals surface area contributed by atoms with E-state index in [0.717, 1.165) is 13.0 Å². The third-order valence-electron chi connectivity index (χ3n) is 2.59. The Balaban J connectivity index is 2.58. The van der Waals surface area contributed by atoms with Crippen molar-refractivity contribution in [1.82, 2.24) is 4.90 Å². The van der Waals surface area contributed by atoms with Crippen molar-refractivity contribution in [2.24, 2.45) is 0 Å². The normalized spacial score (nSPS) is 28.0. The second kappa shape index (κ2) is 4.58. The fourth-order valence-electron chi connectivity index (χ4n) is 1.63. The van der Waals surface area contributed by atoms with Crippen molar-refractivity contribution >= 4 is 5.97 Å². The topological polar surface area (TPSA) is 49.8 Å². The highest BCUT2D eigenvalue weighted by atomic mass is 16.5. The van der Waals surface area contributed by atoms with Gasteiger partial charge in [-0.25, -0.2) is 0 Å². The molecule has 1 rings (SSSR count). The van der Waals surface area contributed by atoms with Crippen LogP contribution in [0.15, 0.2) is 0 Å². The minimum atomic E-state index is -0.756. The summed E-state index contributed by atoms with van der Waals surface area (Å²) in [6.07, 6.45) is 0.914. The van der Waals surface area contributed by atoms with Crippen LogP contribution in [0.5, 0.6) is 0 Å². The summed E-state index contributed by atoms with van der Waals surface area (Å²) in [6, 6.07) is -0.106. The van der Waals surface area contributed by atoms with Gasteiger partial charge in [0.05, 0.1) is 6.61 Å². The fraction of sp³-hybridized carbons (Fsp3) is 0.889. The maximum atomic E-state index is 10.8. The van der Waals surface area contributed by atoms with Gasteiger partial charge in [-0.05, 0) is 20.3 Å². The summed E-state index contributed by atoms with van der Waals surface area (Å²) >= 11 is 0. The SMILES string of the molecule is CC1CCOCCN1C(C)C(=O)O. The molecular weight excluding hydrogens is 170 g/mol. The van der Waals surface area contributed by atoms with Crippen molar-refractivity contribution in [1.29, 1.82) is 0 Å². The minimum Gasteiger partial charge on any atom is -0.480 e. The minimum absolute atomic E-state index is 0.300. The van der Waals surface area contributed by atoms with Gasteiger partial charge in [-0.15, -0.1) is 0 Å². The molecule has 0 aliphatic carbocycles. The molecule has 0 amide bonds. The first kappa shape index (κ1) is 10.5. The zero-order valence-corrected chi connectivity index (χ0v) is 8.19. The first-order valence-electron chi connectivity index (χ1n) is 4.69. The average molecular weight is 187 g/mol. The molecular formula is C9H17NO3. The lowest BCUT2D eigenvalue weighted by Gasteiger charge is -2.29. The second-order valence-corrected chi connectivity index (χ2v) is 3.50. The largest absolute Gasteiger partial charge is 0.480 e. The number of carbonyl (C=O) groups is 1. The van der Waals surface area contributed by atoms with E-state index in [0.29, 0.717) is 19.2 Å². The van der Waals surface area contributed by atoms with Gasteiger partial charge in [0.15, 0.2) is 0 Å². The summed E-state index contributed by atoms with van der Waals surface area (Å²) in [5.74, 6) is -0.756. The molecule has 0 saturated carbocycles. The van der Waals surface area contributed by atoms with E-state index in [9.17, 15) is 4.79 Å². The van der Waals surface area contributed by atoms with Gasteiger partial charge in [0.2, 0.25) is 0 Å². The molecule has 4 nitrogen and oxygen atoms in total. The molecule has 1 aliphatic rings. The van der Waals surface area contributed by atoms with Crippen LogP contribution in [0.1, 0.15) is 20.3 Å². The first-order chi connectivity index (χ1) is 6.13. The van der Waals surface area contributed by atoms with Gasteiger partial charge in [0.1, 0.15) is 6.04 Å². The molecule has 0 aromatic carbocycles. The molecule has 1 aliphatic heterocycles. The maximum Gasteiger partial charge on any atom is 0.320 e. The Labute approximate surface area is 78.5 Å². The number of rotatable bonds is 2. The van der Waals surface area contributed by atoms with E-state index in [1.165, 1.54) is 0 Å². The second-order valence-electron chi connectivity index (χ2n) is 3.50. The van der Waals surface area contributed by atoms with E-state index in [-0.39, 0.29) is 0 Å². The van der Waals surface area contributed by atoms with E-state index in [2.05, 4.69) is 0 Å². The molecule has 2 atom stereocenters. The zero-order valence-electron chi connectivity index (χ0n) is 8.19. The Morgan fingerprint density at radius 2 is 2.31 bits per heavy atom. The van der Waals surface area contributed by atoms with Crippen molar-refractivity contribution in [2.45, 2.75) is 32.4 Å². The van der Waals surface area contributed by atoms with Crippen molar-refractivity contribution in [2.75, 3.05) is 19.8 Å². The van der Waals surface area contributed by atoms with Crippen LogP contribution in [0.3, 0.4) is 0 Å². The number of carboxylic acid groups (broad SMARTS) is 1. The average Bonchev–Trinajstić information content (AvgIpc) is 2.28. The number of hydrogen-bond donors (Lipinski definition) is 1. The third kappa shape index (κ3) is 2.67. The van der Waals surface area contributed by atoms with Crippen LogP contribution < -0.4 is 0 Å². The van der Waals surface area contributed by atoms with Gasteiger partial charge < -0.3 is 9.84 Å².